The number of rotatable bonds is 8. The first kappa shape index (κ1) is 36.3. The Labute approximate surface area is 270 Å². The number of ether oxygens (including phenoxy) is 2. The summed E-state index contributed by atoms with van der Waals surface area (Å²) in [6, 6.07) is 0. The molecule has 0 amide bonds. The maximum absolute atomic E-state index is 12.7. The zero-order chi connectivity index (χ0) is 34.1. The third-order valence-electron chi connectivity index (χ3n) is 12.1. The lowest BCUT2D eigenvalue weighted by Crippen LogP contribution is -2.66. The lowest BCUT2D eigenvalue weighted by molar-refractivity contribution is -0.280. The second-order valence-electron chi connectivity index (χ2n) is 15.3. The Morgan fingerprint density at radius 3 is 2.30 bits per heavy atom. The molecule has 0 aromatic carbocycles. The van der Waals surface area contributed by atoms with Gasteiger partial charge in [-0.1, -0.05) is 52.8 Å². The van der Waals surface area contributed by atoms with Crippen molar-refractivity contribution < 1.29 is 62.4 Å². The quantitative estimate of drug-likeness (QED) is 0.129. The van der Waals surface area contributed by atoms with E-state index in [9.17, 15) is 48.7 Å². The second-order valence-corrected chi connectivity index (χ2v) is 16.3. The largest absolute Gasteiger partial charge is 0.397 e. The van der Waals surface area contributed by atoms with Crippen LogP contribution in [-0.4, -0.2) is 116 Å². The monoisotopic (exact) mass is 676 g/mol. The summed E-state index contributed by atoms with van der Waals surface area (Å²) in [6.07, 6.45) is -3.83. The van der Waals surface area contributed by atoms with Crippen LogP contribution in [-0.2, 0) is 24.1 Å². The van der Waals surface area contributed by atoms with Crippen LogP contribution in [0.15, 0.2) is 23.8 Å². The standard InChI is InChI=1S/C32H52O13S/c1-15(2)19(33)7-6-16(3)23-25(37)27(45-46(40,41)42)28-31(23,5)11-9-22-30(4)10-8-17(12-18(30)20(34)13-32(22,28)39)44-29-26(38)24(36)21(35)14-43-29/h6-7,12,15-17,19-29,33-39H,8-11,13-14H2,1-5H3,(H,40,41,42). The van der Waals surface area contributed by atoms with Gasteiger partial charge in [-0.15, -0.1) is 0 Å². The Bertz CT molecular complexity index is 1290. The second kappa shape index (κ2) is 12.7. The average molecular weight is 677 g/mol. The van der Waals surface area contributed by atoms with E-state index in [0.29, 0.717) is 31.3 Å². The molecule has 46 heavy (non-hydrogen) atoms. The van der Waals surface area contributed by atoms with Gasteiger partial charge in [-0.2, -0.15) is 8.42 Å². The van der Waals surface area contributed by atoms with E-state index in [1.54, 1.807) is 18.2 Å². The van der Waals surface area contributed by atoms with Crippen LogP contribution >= 0.6 is 0 Å². The molecule has 1 aliphatic heterocycles. The number of fused-ring (bicyclic) bond motifs is 5. The fourth-order valence-electron chi connectivity index (χ4n) is 9.93. The van der Waals surface area contributed by atoms with E-state index in [0.717, 1.165) is 0 Å². The number of aliphatic hydroxyl groups excluding tert-OH is 6. The summed E-state index contributed by atoms with van der Waals surface area (Å²) in [5, 5.41) is 76.7. The SMILES string of the molecule is CC(C)C(O)C=CC(C)C1C(O)C(OS(=O)(=O)O)C2C1(C)CCC1C3(C)CCC(OC4OCC(O)C(O)C4O)C=C3C(O)CC12O. The van der Waals surface area contributed by atoms with Crippen LogP contribution in [0.1, 0.15) is 66.7 Å². The lowest BCUT2D eigenvalue weighted by atomic mass is 9.43. The number of allylic oxidation sites excluding steroid dienone is 1. The third kappa shape index (κ3) is 6.15. The Morgan fingerprint density at radius 1 is 1.00 bits per heavy atom. The molecule has 0 aromatic rings. The summed E-state index contributed by atoms with van der Waals surface area (Å²) in [4.78, 5) is 0. The zero-order valence-corrected chi connectivity index (χ0v) is 27.9. The summed E-state index contributed by atoms with van der Waals surface area (Å²) < 4.78 is 50.6. The molecule has 4 fully saturated rings. The molecule has 1 heterocycles. The van der Waals surface area contributed by atoms with Gasteiger partial charge in [-0.3, -0.25) is 4.55 Å². The molecule has 0 spiro atoms. The van der Waals surface area contributed by atoms with E-state index in [1.165, 1.54) is 0 Å². The Hall–Kier alpha value is -1.01. The van der Waals surface area contributed by atoms with Crippen molar-refractivity contribution in [3.8, 4) is 0 Å². The van der Waals surface area contributed by atoms with Crippen molar-refractivity contribution in [3.63, 3.8) is 0 Å². The van der Waals surface area contributed by atoms with Gasteiger partial charge in [-0.25, -0.2) is 4.18 Å². The molecule has 264 valence electrons. The summed E-state index contributed by atoms with van der Waals surface area (Å²) in [7, 11) is -5.04. The van der Waals surface area contributed by atoms with E-state index in [2.05, 4.69) is 0 Å². The number of aliphatic hydroxyl groups is 7. The van der Waals surface area contributed by atoms with Crippen molar-refractivity contribution in [2.45, 2.75) is 127 Å². The van der Waals surface area contributed by atoms with Crippen molar-refractivity contribution in [1.29, 1.82) is 0 Å². The van der Waals surface area contributed by atoms with E-state index in [4.69, 9.17) is 13.7 Å². The van der Waals surface area contributed by atoms with Gasteiger partial charge in [0.1, 0.15) is 24.4 Å². The fraction of sp³-hybridized carbons (Fsp3) is 0.875. The molecule has 1 saturated heterocycles. The van der Waals surface area contributed by atoms with Gasteiger partial charge in [0.05, 0.1) is 36.6 Å². The van der Waals surface area contributed by atoms with E-state index in [1.807, 2.05) is 34.6 Å². The first-order valence-electron chi connectivity index (χ1n) is 16.4. The molecule has 5 aliphatic rings. The molecule has 5 rings (SSSR count). The lowest BCUT2D eigenvalue weighted by Gasteiger charge is -2.64. The van der Waals surface area contributed by atoms with Gasteiger partial charge in [0.2, 0.25) is 0 Å². The van der Waals surface area contributed by atoms with Crippen LogP contribution < -0.4 is 0 Å². The zero-order valence-electron chi connectivity index (χ0n) is 27.1. The summed E-state index contributed by atoms with van der Waals surface area (Å²) in [5.41, 5.74) is -2.69. The Balaban J connectivity index is 1.47. The molecule has 3 saturated carbocycles. The van der Waals surface area contributed by atoms with Gasteiger partial charge in [0.15, 0.2) is 6.29 Å². The van der Waals surface area contributed by atoms with Crippen LogP contribution in [0.5, 0.6) is 0 Å². The molecule has 14 heteroatoms. The van der Waals surface area contributed by atoms with Gasteiger partial charge in [0.25, 0.3) is 0 Å². The van der Waals surface area contributed by atoms with Gasteiger partial charge in [0, 0.05) is 12.3 Å². The third-order valence-corrected chi connectivity index (χ3v) is 12.6. The molecule has 0 aromatic heterocycles. The molecular weight excluding hydrogens is 624 g/mol. The van der Waals surface area contributed by atoms with E-state index in [-0.39, 0.29) is 24.9 Å². The Morgan fingerprint density at radius 2 is 1.67 bits per heavy atom. The minimum atomic E-state index is -5.04. The van der Waals surface area contributed by atoms with Crippen molar-refractivity contribution in [2.24, 2.45) is 40.4 Å². The smallest absolute Gasteiger partial charge is 0.390 e. The molecule has 8 N–H and O–H groups in total. The molecule has 4 aliphatic carbocycles. The molecule has 13 nitrogen and oxygen atoms in total. The van der Waals surface area contributed by atoms with Crippen molar-refractivity contribution in [3.05, 3.63) is 23.8 Å². The molecule has 0 bridgehead atoms. The number of hydrogen-bond acceptors (Lipinski definition) is 12. The van der Waals surface area contributed by atoms with Crippen LogP contribution in [0.2, 0.25) is 0 Å². The molecular formula is C32H52O13S. The highest BCUT2D eigenvalue weighted by molar-refractivity contribution is 7.80. The van der Waals surface area contributed by atoms with Crippen molar-refractivity contribution in [2.75, 3.05) is 6.61 Å². The van der Waals surface area contributed by atoms with Crippen molar-refractivity contribution >= 4 is 10.4 Å². The fourth-order valence-corrected chi connectivity index (χ4v) is 10.4. The molecule has 16 unspecified atom stereocenters. The number of hydrogen-bond donors (Lipinski definition) is 8. The minimum Gasteiger partial charge on any atom is -0.390 e. The highest BCUT2D eigenvalue weighted by Gasteiger charge is 2.73. The van der Waals surface area contributed by atoms with Gasteiger partial charge in [-0.05, 0) is 65.8 Å². The predicted molar refractivity (Wildman–Crippen MR) is 163 cm³/mol. The molecule has 0 radical (unpaired) electrons. The summed E-state index contributed by atoms with van der Waals surface area (Å²) >= 11 is 0. The maximum atomic E-state index is 12.7. The molecule has 16 atom stereocenters. The highest BCUT2D eigenvalue weighted by Crippen LogP contribution is 2.69. The topological polar surface area (TPSA) is 224 Å². The van der Waals surface area contributed by atoms with Crippen LogP contribution in [0.25, 0.3) is 0 Å². The van der Waals surface area contributed by atoms with E-state index < -0.39 is 99.7 Å². The predicted octanol–water partition coefficient (Wildman–Crippen LogP) is 0.453. The average Bonchev–Trinajstić information content (AvgIpc) is 3.17. The van der Waals surface area contributed by atoms with E-state index >= 15 is 0 Å². The first-order valence-corrected chi connectivity index (χ1v) is 17.7. The van der Waals surface area contributed by atoms with Crippen molar-refractivity contribution in [1.82, 2.24) is 0 Å². The van der Waals surface area contributed by atoms with Crippen LogP contribution in [0, 0.1) is 40.4 Å². The first-order chi connectivity index (χ1) is 21.2. The highest BCUT2D eigenvalue weighted by atomic mass is 32.3. The maximum Gasteiger partial charge on any atom is 0.397 e. The van der Waals surface area contributed by atoms with Gasteiger partial charge >= 0.3 is 10.4 Å². The Kier molecular flexibility index (Phi) is 10.0. The van der Waals surface area contributed by atoms with Gasteiger partial charge < -0.3 is 45.2 Å². The van der Waals surface area contributed by atoms with Crippen LogP contribution in [0.4, 0.5) is 0 Å². The van der Waals surface area contributed by atoms with Crippen LogP contribution in [0.3, 0.4) is 0 Å². The summed E-state index contributed by atoms with van der Waals surface area (Å²) in [5.74, 6) is -2.47. The minimum absolute atomic E-state index is 0.0426. The normalized spacial score (nSPS) is 49.3. The summed E-state index contributed by atoms with van der Waals surface area (Å²) in [6.45, 7) is 9.22.